The SMILES string of the molecule is CC(C)(C)OC(=O)N[C@H](C=O)C1CCOCC1. The highest BCUT2D eigenvalue weighted by Gasteiger charge is 2.26. The zero-order valence-corrected chi connectivity index (χ0v) is 10.7. The van der Waals surface area contributed by atoms with Crippen LogP contribution < -0.4 is 5.32 Å². The summed E-state index contributed by atoms with van der Waals surface area (Å²) in [5.74, 6) is 0.147. The number of rotatable bonds is 3. The molecule has 1 aliphatic rings. The van der Waals surface area contributed by atoms with Crippen molar-refractivity contribution in [3.05, 3.63) is 0 Å². The van der Waals surface area contributed by atoms with Gasteiger partial charge in [0.25, 0.3) is 0 Å². The van der Waals surface area contributed by atoms with E-state index in [0.29, 0.717) is 13.2 Å². The zero-order valence-electron chi connectivity index (χ0n) is 10.7. The average Bonchev–Trinajstić information content (AvgIpc) is 2.24. The Balaban J connectivity index is 2.45. The van der Waals surface area contributed by atoms with E-state index >= 15 is 0 Å². The third-order valence-corrected chi connectivity index (χ3v) is 2.60. The quantitative estimate of drug-likeness (QED) is 0.763. The summed E-state index contributed by atoms with van der Waals surface area (Å²) in [6.07, 6.45) is 1.82. The van der Waals surface area contributed by atoms with Crippen LogP contribution in [0.4, 0.5) is 4.79 Å². The van der Waals surface area contributed by atoms with E-state index < -0.39 is 17.7 Å². The third-order valence-electron chi connectivity index (χ3n) is 2.60. The summed E-state index contributed by atoms with van der Waals surface area (Å²) in [4.78, 5) is 22.5. The number of amides is 1. The number of carbonyl (C=O) groups excluding carboxylic acids is 2. The summed E-state index contributed by atoms with van der Waals surface area (Å²) >= 11 is 0. The van der Waals surface area contributed by atoms with Crippen molar-refractivity contribution < 1.29 is 19.1 Å². The van der Waals surface area contributed by atoms with Crippen LogP contribution in [0.5, 0.6) is 0 Å². The highest BCUT2D eigenvalue weighted by molar-refractivity contribution is 5.73. The van der Waals surface area contributed by atoms with E-state index in [1.165, 1.54) is 0 Å². The molecule has 1 fully saturated rings. The molecule has 1 N–H and O–H groups in total. The van der Waals surface area contributed by atoms with E-state index in [1.807, 2.05) is 0 Å². The number of alkyl carbamates (subject to hydrolysis) is 1. The first kappa shape index (κ1) is 14.0. The molecule has 5 heteroatoms. The van der Waals surface area contributed by atoms with Crippen LogP contribution in [-0.4, -0.2) is 37.2 Å². The molecule has 1 rings (SSSR count). The van der Waals surface area contributed by atoms with Gasteiger partial charge in [-0.1, -0.05) is 0 Å². The number of aldehydes is 1. The molecule has 98 valence electrons. The Morgan fingerprint density at radius 1 is 1.41 bits per heavy atom. The van der Waals surface area contributed by atoms with Gasteiger partial charge in [0.05, 0.1) is 6.04 Å². The Labute approximate surface area is 102 Å². The molecule has 0 aliphatic carbocycles. The fraction of sp³-hybridized carbons (Fsp3) is 0.833. The maximum Gasteiger partial charge on any atom is 0.408 e. The van der Waals surface area contributed by atoms with Crippen molar-refractivity contribution >= 4 is 12.4 Å². The lowest BCUT2D eigenvalue weighted by Gasteiger charge is -2.28. The fourth-order valence-corrected chi connectivity index (χ4v) is 1.78. The molecular weight excluding hydrogens is 222 g/mol. The van der Waals surface area contributed by atoms with Crippen LogP contribution in [-0.2, 0) is 14.3 Å². The molecule has 17 heavy (non-hydrogen) atoms. The topological polar surface area (TPSA) is 64.6 Å². The lowest BCUT2D eigenvalue weighted by Crippen LogP contribution is -2.45. The number of hydrogen-bond acceptors (Lipinski definition) is 4. The first-order chi connectivity index (χ1) is 7.92. The second kappa shape index (κ2) is 6.00. The van der Waals surface area contributed by atoms with E-state index in [-0.39, 0.29) is 5.92 Å². The molecule has 1 atom stereocenters. The first-order valence-corrected chi connectivity index (χ1v) is 5.95. The maximum absolute atomic E-state index is 11.5. The Morgan fingerprint density at radius 3 is 2.47 bits per heavy atom. The summed E-state index contributed by atoms with van der Waals surface area (Å²) in [5, 5.41) is 2.61. The highest BCUT2D eigenvalue weighted by atomic mass is 16.6. The van der Waals surface area contributed by atoms with Gasteiger partial charge in [0, 0.05) is 13.2 Å². The average molecular weight is 243 g/mol. The molecule has 0 aromatic rings. The second-order valence-electron chi connectivity index (χ2n) is 5.26. The van der Waals surface area contributed by atoms with Crippen LogP contribution in [0.2, 0.25) is 0 Å². The van der Waals surface area contributed by atoms with E-state index in [1.54, 1.807) is 20.8 Å². The summed E-state index contributed by atoms with van der Waals surface area (Å²) in [7, 11) is 0. The van der Waals surface area contributed by atoms with Crippen molar-refractivity contribution in [1.29, 1.82) is 0 Å². The minimum absolute atomic E-state index is 0.147. The van der Waals surface area contributed by atoms with Crippen LogP contribution >= 0.6 is 0 Å². The lowest BCUT2D eigenvalue weighted by molar-refractivity contribution is -0.111. The monoisotopic (exact) mass is 243 g/mol. The van der Waals surface area contributed by atoms with Gasteiger partial charge < -0.3 is 19.6 Å². The van der Waals surface area contributed by atoms with Crippen LogP contribution in [0.25, 0.3) is 0 Å². The summed E-state index contributed by atoms with van der Waals surface area (Å²) in [5.41, 5.74) is -0.548. The van der Waals surface area contributed by atoms with Gasteiger partial charge in [-0.15, -0.1) is 0 Å². The summed E-state index contributed by atoms with van der Waals surface area (Å²) in [6.45, 7) is 6.65. The van der Waals surface area contributed by atoms with Crippen molar-refractivity contribution in [3.63, 3.8) is 0 Å². The van der Waals surface area contributed by atoms with Gasteiger partial charge in [-0.05, 0) is 39.5 Å². The molecule has 1 aliphatic heterocycles. The predicted molar refractivity (Wildman–Crippen MR) is 62.8 cm³/mol. The number of hydrogen-bond donors (Lipinski definition) is 1. The summed E-state index contributed by atoms with van der Waals surface area (Å²) < 4.78 is 10.3. The standard InChI is InChI=1S/C12H21NO4/c1-12(2,3)17-11(15)13-10(8-14)9-4-6-16-7-5-9/h8-10H,4-7H2,1-3H3,(H,13,15)/t10-/m1/s1. The molecule has 5 nitrogen and oxygen atoms in total. The molecule has 0 unspecified atom stereocenters. The maximum atomic E-state index is 11.5. The van der Waals surface area contributed by atoms with Gasteiger partial charge >= 0.3 is 6.09 Å². The predicted octanol–water partition coefficient (Wildman–Crippen LogP) is 1.51. The molecule has 1 saturated heterocycles. The summed E-state index contributed by atoms with van der Waals surface area (Å²) in [6, 6.07) is -0.478. The van der Waals surface area contributed by atoms with Crippen molar-refractivity contribution in [3.8, 4) is 0 Å². The van der Waals surface area contributed by atoms with Crippen LogP contribution in [0.15, 0.2) is 0 Å². The minimum Gasteiger partial charge on any atom is -0.444 e. The molecular formula is C12H21NO4. The van der Waals surface area contributed by atoms with Crippen molar-refractivity contribution in [2.75, 3.05) is 13.2 Å². The normalized spacial score (nSPS) is 19.5. The molecule has 0 spiro atoms. The van der Waals surface area contributed by atoms with Crippen molar-refractivity contribution in [2.45, 2.75) is 45.3 Å². The van der Waals surface area contributed by atoms with Crippen molar-refractivity contribution in [2.24, 2.45) is 5.92 Å². The Morgan fingerprint density at radius 2 is 2.00 bits per heavy atom. The van der Waals surface area contributed by atoms with Gasteiger partial charge in [0.1, 0.15) is 11.9 Å². The van der Waals surface area contributed by atoms with E-state index in [4.69, 9.17) is 9.47 Å². The van der Waals surface area contributed by atoms with Crippen LogP contribution in [0.3, 0.4) is 0 Å². The number of nitrogens with one attached hydrogen (secondary N) is 1. The molecule has 0 aromatic heterocycles. The van der Waals surface area contributed by atoms with Gasteiger partial charge in [0.15, 0.2) is 0 Å². The highest BCUT2D eigenvalue weighted by Crippen LogP contribution is 2.18. The molecule has 1 amide bonds. The number of ether oxygens (including phenoxy) is 2. The largest absolute Gasteiger partial charge is 0.444 e. The molecule has 0 aromatic carbocycles. The Kier molecular flexibility index (Phi) is 4.93. The lowest BCUT2D eigenvalue weighted by atomic mass is 9.93. The molecule has 0 radical (unpaired) electrons. The number of carbonyl (C=O) groups is 2. The Hall–Kier alpha value is -1.10. The first-order valence-electron chi connectivity index (χ1n) is 5.95. The Bertz CT molecular complexity index is 266. The van der Waals surface area contributed by atoms with Crippen molar-refractivity contribution in [1.82, 2.24) is 5.32 Å². The molecule has 0 saturated carbocycles. The smallest absolute Gasteiger partial charge is 0.408 e. The minimum atomic E-state index is -0.548. The van der Waals surface area contributed by atoms with Gasteiger partial charge in [-0.2, -0.15) is 0 Å². The van der Waals surface area contributed by atoms with Crippen LogP contribution in [0.1, 0.15) is 33.6 Å². The molecule has 1 heterocycles. The van der Waals surface area contributed by atoms with Gasteiger partial charge in [0.2, 0.25) is 0 Å². The van der Waals surface area contributed by atoms with E-state index in [2.05, 4.69) is 5.32 Å². The van der Waals surface area contributed by atoms with E-state index in [9.17, 15) is 9.59 Å². The third kappa shape index (κ3) is 5.17. The van der Waals surface area contributed by atoms with E-state index in [0.717, 1.165) is 19.1 Å². The fourth-order valence-electron chi connectivity index (χ4n) is 1.78. The van der Waals surface area contributed by atoms with Gasteiger partial charge in [-0.3, -0.25) is 0 Å². The van der Waals surface area contributed by atoms with Crippen LogP contribution in [0, 0.1) is 5.92 Å². The molecule has 0 bridgehead atoms. The zero-order chi connectivity index (χ0) is 12.9. The van der Waals surface area contributed by atoms with Gasteiger partial charge in [-0.25, -0.2) is 4.79 Å². The second-order valence-corrected chi connectivity index (χ2v) is 5.26.